The van der Waals surface area contributed by atoms with Crippen molar-refractivity contribution in [3.63, 3.8) is 0 Å². The molecule has 11 heteroatoms. The van der Waals surface area contributed by atoms with Crippen molar-refractivity contribution in [2.24, 2.45) is 0 Å². The van der Waals surface area contributed by atoms with Crippen molar-refractivity contribution in [3.8, 4) is 16.9 Å². The van der Waals surface area contributed by atoms with E-state index in [1.54, 1.807) is 0 Å². The molecular weight excluding hydrogens is 405 g/mol. The Morgan fingerprint density at radius 3 is 2.54 bits per heavy atom. The van der Waals surface area contributed by atoms with Crippen molar-refractivity contribution in [2.45, 2.75) is 6.61 Å². The van der Waals surface area contributed by atoms with E-state index in [4.69, 9.17) is 11.6 Å². The summed E-state index contributed by atoms with van der Waals surface area (Å²) in [6.45, 7) is -3.53. The van der Waals surface area contributed by atoms with Crippen LogP contribution in [-0.2, 0) is 0 Å². The second-order valence-corrected chi connectivity index (χ2v) is 6.31. The van der Waals surface area contributed by atoms with Gasteiger partial charge in [0.05, 0.1) is 21.4 Å². The lowest BCUT2D eigenvalue weighted by atomic mass is 10.0. The molecule has 0 spiro atoms. The summed E-state index contributed by atoms with van der Waals surface area (Å²) in [5.41, 5.74) is -1.21. The fourth-order valence-electron chi connectivity index (χ4n) is 2.34. The van der Waals surface area contributed by atoms with Crippen molar-refractivity contribution in [1.29, 1.82) is 0 Å². The summed E-state index contributed by atoms with van der Waals surface area (Å²) in [7, 11) is 0. The zero-order chi connectivity index (χ0) is 19.2. The van der Waals surface area contributed by atoms with E-state index in [1.807, 2.05) is 0 Å². The third-order valence-electron chi connectivity index (χ3n) is 3.27. The molecule has 0 bridgehead atoms. The number of thiophene rings is 1. The van der Waals surface area contributed by atoms with Crippen LogP contribution >= 0.6 is 22.9 Å². The molecule has 2 aromatic heterocycles. The lowest BCUT2D eigenvalue weighted by Gasteiger charge is -2.12. The van der Waals surface area contributed by atoms with E-state index in [2.05, 4.69) is 9.72 Å². The molecule has 0 unspecified atom stereocenters. The van der Waals surface area contributed by atoms with E-state index >= 15 is 0 Å². The molecule has 0 saturated carbocycles. The number of carboxylic acid groups (broad SMARTS) is 1. The fraction of sp³-hybridized carbons (Fsp3) is 0.0667. The minimum Gasteiger partial charge on any atom is -0.477 e. The predicted octanol–water partition coefficient (Wildman–Crippen LogP) is 5.33. The maximum absolute atomic E-state index is 14.7. The standard InChI is InChI=1S/C15H5ClF5NO3S/c16-5-2-6(18)12(25-15(20)21)10(19)8(5)9-11-7(1-4(17)3-22-11)26-13(9)14(23)24/h1-3,15H,(H,23,24). The Morgan fingerprint density at radius 2 is 1.92 bits per heavy atom. The number of alkyl halides is 2. The molecule has 26 heavy (non-hydrogen) atoms. The van der Waals surface area contributed by atoms with Gasteiger partial charge < -0.3 is 9.84 Å². The second kappa shape index (κ2) is 6.69. The van der Waals surface area contributed by atoms with Gasteiger partial charge in [0, 0.05) is 11.1 Å². The predicted molar refractivity (Wildman–Crippen MR) is 83.5 cm³/mol. The molecule has 1 aromatic carbocycles. The van der Waals surface area contributed by atoms with Gasteiger partial charge in [0.2, 0.25) is 0 Å². The van der Waals surface area contributed by atoms with Crippen LogP contribution in [0.25, 0.3) is 21.3 Å². The summed E-state index contributed by atoms with van der Waals surface area (Å²) in [5.74, 6) is -6.82. The number of pyridine rings is 1. The van der Waals surface area contributed by atoms with Crippen LogP contribution in [0.4, 0.5) is 22.0 Å². The van der Waals surface area contributed by atoms with Crippen LogP contribution in [0.1, 0.15) is 9.67 Å². The summed E-state index contributed by atoms with van der Waals surface area (Å²) in [5, 5.41) is 8.76. The first kappa shape index (κ1) is 18.3. The van der Waals surface area contributed by atoms with Crippen molar-refractivity contribution in [1.82, 2.24) is 4.98 Å². The smallest absolute Gasteiger partial charge is 0.387 e. The molecule has 0 radical (unpaired) electrons. The summed E-state index contributed by atoms with van der Waals surface area (Å²) in [4.78, 5) is 14.7. The van der Waals surface area contributed by atoms with Crippen LogP contribution < -0.4 is 4.74 Å². The summed E-state index contributed by atoms with van der Waals surface area (Å²) in [6.07, 6.45) is 0.760. The van der Waals surface area contributed by atoms with E-state index in [0.29, 0.717) is 17.4 Å². The zero-order valence-electron chi connectivity index (χ0n) is 12.2. The van der Waals surface area contributed by atoms with E-state index in [0.717, 1.165) is 12.3 Å². The summed E-state index contributed by atoms with van der Waals surface area (Å²) in [6, 6.07) is 1.48. The number of carbonyl (C=O) groups is 1. The molecule has 2 heterocycles. The van der Waals surface area contributed by atoms with E-state index in [-0.39, 0.29) is 15.8 Å². The summed E-state index contributed by atoms with van der Waals surface area (Å²) >= 11 is 6.40. The first-order valence-electron chi connectivity index (χ1n) is 6.64. The number of rotatable bonds is 4. The average molecular weight is 410 g/mol. The fourth-order valence-corrected chi connectivity index (χ4v) is 3.64. The lowest BCUT2D eigenvalue weighted by Crippen LogP contribution is -2.07. The molecule has 0 aliphatic rings. The number of aromatic carboxylic acids is 1. The quantitative estimate of drug-likeness (QED) is 0.591. The Labute approximate surface area is 150 Å². The first-order chi connectivity index (χ1) is 12.2. The van der Waals surface area contributed by atoms with Gasteiger partial charge in [-0.05, 0) is 12.1 Å². The Hall–Kier alpha value is -2.46. The van der Waals surface area contributed by atoms with Crippen LogP contribution in [-0.4, -0.2) is 22.7 Å². The average Bonchev–Trinajstić information content (AvgIpc) is 2.90. The maximum Gasteiger partial charge on any atom is 0.387 e. The SMILES string of the molecule is O=C(O)c1sc2cc(F)cnc2c1-c1c(Cl)cc(F)c(OC(F)F)c1F. The largest absolute Gasteiger partial charge is 0.477 e. The Balaban J connectivity index is 2.40. The van der Waals surface area contributed by atoms with Gasteiger partial charge in [0.25, 0.3) is 0 Å². The summed E-state index contributed by atoms with van der Waals surface area (Å²) < 4.78 is 70.5. The molecule has 136 valence electrons. The normalized spacial score (nSPS) is 11.3. The molecule has 3 aromatic rings. The van der Waals surface area contributed by atoms with Crippen LogP contribution in [0.3, 0.4) is 0 Å². The van der Waals surface area contributed by atoms with Crippen molar-refractivity contribution in [2.75, 3.05) is 0 Å². The number of fused-ring (bicyclic) bond motifs is 1. The topological polar surface area (TPSA) is 59.4 Å². The number of halogens is 6. The molecule has 0 aliphatic carbocycles. The van der Waals surface area contributed by atoms with E-state index < -0.39 is 51.2 Å². The molecular formula is C15H5ClF5NO3S. The molecule has 0 saturated heterocycles. The van der Waals surface area contributed by atoms with Crippen molar-refractivity contribution < 1.29 is 36.6 Å². The molecule has 4 nitrogen and oxygen atoms in total. The molecule has 3 rings (SSSR count). The highest BCUT2D eigenvalue weighted by Gasteiger charge is 2.29. The molecule has 0 atom stereocenters. The van der Waals surface area contributed by atoms with Gasteiger partial charge in [0.15, 0.2) is 17.4 Å². The second-order valence-electron chi connectivity index (χ2n) is 4.85. The number of nitrogens with zero attached hydrogens (tertiary/aromatic N) is 1. The Morgan fingerprint density at radius 1 is 1.23 bits per heavy atom. The zero-order valence-corrected chi connectivity index (χ0v) is 13.8. The number of aromatic nitrogens is 1. The highest BCUT2D eigenvalue weighted by molar-refractivity contribution is 7.21. The van der Waals surface area contributed by atoms with Gasteiger partial charge in [-0.2, -0.15) is 8.78 Å². The van der Waals surface area contributed by atoms with Crippen molar-refractivity contribution in [3.05, 3.63) is 45.7 Å². The van der Waals surface area contributed by atoms with Crippen LogP contribution in [0.15, 0.2) is 18.3 Å². The highest BCUT2D eigenvalue weighted by atomic mass is 35.5. The van der Waals surface area contributed by atoms with Gasteiger partial charge in [-0.15, -0.1) is 11.3 Å². The monoisotopic (exact) mass is 409 g/mol. The van der Waals surface area contributed by atoms with Gasteiger partial charge in [-0.25, -0.2) is 18.0 Å². The third-order valence-corrected chi connectivity index (χ3v) is 4.69. The van der Waals surface area contributed by atoms with Gasteiger partial charge in [-0.3, -0.25) is 4.98 Å². The number of ether oxygens (including phenoxy) is 1. The van der Waals surface area contributed by atoms with Gasteiger partial charge in [-0.1, -0.05) is 11.6 Å². The minimum absolute atomic E-state index is 0.0496. The molecule has 0 fully saturated rings. The molecule has 0 aliphatic heterocycles. The maximum atomic E-state index is 14.7. The van der Waals surface area contributed by atoms with Crippen LogP contribution in [0.2, 0.25) is 5.02 Å². The molecule has 1 N–H and O–H groups in total. The number of carboxylic acids is 1. The number of hydrogen-bond acceptors (Lipinski definition) is 4. The van der Waals surface area contributed by atoms with Gasteiger partial charge in [0.1, 0.15) is 10.7 Å². The molecule has 0 amide bonds. The lowest BCUT2D eigenvalue weighted by molar-refractivity contribution is -0.0545. The van der Waals surface area contributed by atoms with Crippen molar-refractivity contribution >= 4 is 39.1 Å². The minimum atomic E-state index is -3.53. The van der Waals surface area contributed by atoms with Crippen LogP contribution in [0, 0.1) is 17.5 Å². The highest BCUT2D eigenvalue weighted by Crippen LogP contribution is 2.45. The Bertz CT molecular complexity index is 1040. The van der Waals surface area contributed by atoms with E-state index in [1.165, 1.54) is 0 Å². The number of benzene rings is 1. The number of hydrogen-bond donors (Lipinski definition) is 1. The van der Waals surface area contributed by atoms with Crippen LogP contribution in [0.5, 0.6) is 5.75 Å². The van der Waals surface area contributed by atoms with Gasteiger partial charge >= 0.3 is 12.6 Å². The van der Waals surface area contributed by atoms with E-state index in [9.17, 15) is 31.9 Å². The first-order valence-corrected chi connectivity index (χ1v) is 7.84. The third kappa shape index (κ3) is 3.06. The Kier molecular flexibility index (Phi) is 4.72.